The average Bonchev–Trinajstić information content (AvgIpc) is 3.21. The Kier molecular flexibility index (Phi) is 5.91. The van der Waals surface area contributed by atoms with E-state index in [1.54, 1.807) is 5.38 Å². The second kappa shape index (κ2) is 8.48. The van der Waals surface area contributed by atoms with Gasteiger partial charge in [-0.25, -0.2) is 26.6 Å². The zero-order chi connectivity index (χ0) is 22.2. The largest absolute Gasteiger partial charge is 0.346 e. The van der Waals surface area contributed by atoms with Crippen molar-refractivity contribution in [3.05, 3.63) is 59.2 Å². The third kappa shape index (κ3) is 4.53. The van der Waals surface area contributed by atoms with Gasteiger partial charge in [0.1, 0.15) is 16.5 Å². The zero-order valence-electron chi connectivity index (χ0n) is 16.5. The van der Waals surface area contributed by atoms with E-state index in [9.17, 15) is 17.2 Å². The van der Waals surface area contributed by atoms with E-state index in [-0.39, 0.29) is 11.3 Å². The fourth-order valence-electron chi connectivity index (χ4n) is 3.22. The van der Waals surface area contributed by atoms with E-state index in [4.69, 9.17) is 0 Å². The van der Waals surface area contributed by atoms with Crippen molar-refractivity contribution in [2.45, 2.75) is 4.90 Å². The predicted molar refractivity (Wildman–Crippen MR) is 114 cm³/mol. The third-order valence-corrected chi connectivity index (χ3v) is 7.25. The number of hydrogen-bond donors (Lipinski definition) is 1. The number of sulfonamides is 1. The summed E-state index contributed by atoms with van der Waals surface area (Å²) >= 11 is 1.38. The smallest absolute Gasteiger partial charge is 0.265 e. The summed E-state index contributed by atoms with van der Waals surface area (Å²) in [7, 11) is -2.50. The summed E-state index contributed by atoms with van der Waals surface area (Å²) < 4.78 is 69.5. The first-order chi connectivity index (χ1) is 14.7. The molecule has 1 fully saturated rings. The lowest BCUT2D eigenvalue weighted by molar-refractivity contribution is 0.313. The monoisotopic (exact) mass is 468 g/mol. The van der Waals surface area contributed by atoms with Gasteiger partial charge in [-0.05, 0) is 37.4 Å². The standard InChI is InChI=1S/C20H19F3N4O2S2/c1-26-7-9-27(10-8-26)20-24-17(12-30-20)14-3-2-4-16(19(14)23)25-31(28,29)18-11-13(21)5-6-15(18)22/h2-6,11-12,25H,7-10H2,1H3. The molecule has 2 heterocycles. The molecule has 0 spiro atoms. The van der Waals surface area contributed by atoms with Crippen LogP contribution in [0.4, 0.5) is 24.0 Å². The second-order valence-electron chi connectivity index (χ2n) is 7.15. The highest BCUT2D eigenvalue weighted by Crippen LogP contribution is 2.33. The topological polar surface area (TPSA) is 65.5 Å². The SMILES string of the molecule is CN1CCN(c2nc(-c3cccc(NS(=O)(=O)c4cc(F)ccc4F)c3F)cs2)CC1. The molecular weight excluding hydrogens is 449 g/mol. The Morgan fingerprint density at radius 2 is 1.81 bits per heavy atom. The second-order valence-corrected chi connectivity index (χ2v) is 9.64. The van der Waals surface area contributed by atoms with E-state index in [0.717, 1.165) is 37.4 Å². The van der Waals surface area contributed by atoms with E-state index < -0.39 is 32.4 Å². The normalized spacial score (nSPS) is 15.3. The first-order valence-electron chi connectivity index (χ1n) is 9.40. The van der Waals surface area contributed by atoms with Crippen LogP contribution in [0.5, 0.6) is 0 Å². The predicted octanol–water partition coefficient (Wildman–Crippen LogP) is 3.78. The number of anilines is 2. The first-order valence-corrected chi connectivity index (χ1v) is 11.8. The Morgan fingerprint density at radius 3 is 2.55 bits per heavy atom. The van der Waals surface area contributed by atoms with Crippen molar-refractivity contribution in [3.63, 3.8) is 0 Å². The minimum Gasteiger partial charge on any atom is -0.346 e. The van der Waals surface area contributed by atoms with Crippen LogP contribution >= 0.6 is 11.3 Å². The summed E-state index contributed by atoms with van der Waals surface area (Å²) in [5, 5.41) is 2.46. The van der Waals surface area contributed by atoms with Crippen molar-refractivity contribution in [3.8, 4) is 11.3 Å². The first kappa shape index (κ1) is 21.6. The van der Waals surface area contributed by atoms with Gasteiger partial charge < -0.3 is 9.80 Å². The maximum absolute atomic E-state index is 15.1. The summed E-state index contributed by atoms with van der Waals surface area (Å²) in [5.74, 6) is -2.91. The quantitative estimate of drug-likeness (QED) is 0.618. The van der Waals surface area contributed by atoms with Gasteiger partial charge in [-0.2, -0.15) is 0 Å². The van der Waals surface area contributed by atoms with E-state index in [1.807, 2.05) is 11.8 Å². The van der Waals surface area contributed by atoms with E-state index >= 15 is 4.39 Å². The minimum atomic E-state index is -4.54. The fourth-order valence-corrected chi connectivity index (χ4v) is 5.25. The number of benzene rings is 2. The van der Waals surface area contributed by atoms with Crippen LogP contribution in [-0.2, 0) is 10.0 Å². The lowest BCUT2D eigenvalue weighted by Gasteiger charge is -2.32. The summed E-state index contributed by atoms with van der Waals surface area (Å²) in [6.45, 7) is 3.42. The van der Waals surface area contributed by atoms with Crippen LogP contribution in [0.2, 0.25) is 0 Å². The van der Waals surface area contributed by atoms with Gasteiger partial charge in [0.15, 0.2) is 10.9 Å². The molecule has 0 saturated carbocycles. The van der Waals surface area contributed by atoms with Crippen LogP contribution in [0, 0.1) is 17.5 Å². The number of piperazine rings is 1. The van der Waals surface area contributed by atoms with Crippen LogP contribution < -0.4 is 9.62 Å². The highest BCUT2D eigenvalue weighted by molar-refractivity contribution is 7.92. The molecule has 0 atom stereocenters. The zero-order valence-corrected chi connectivity index (χ0v) is 18.1. The summed E-state index contributed by atoms with van der Waals surface area (Å²) in [5.41, 5.74) is 0.0984. The summed E-state index contributed by atoms with van der Waals surface area (Å²) in [6.07, 6.45) is 0. The Hall–Kier alpha value is -2.63. The van der Waals surface area contributed by atoms with Crippen molar-refractivity contribution in [1.29, 1.82) is 0 Å². The molecule has 4 rings (SSSR count). The van der Waals surface area contributed by atoms with Gasteiger partial charge in [0, 0.05) is 37.1 Å². The molecule has 1 aromatic heterocycles. The highest BCUT2D eigenvalue weighted by Gasteiger charge is 2.24. The third-order valence-electron chi connectivity index (χ3n) is 4.97. The molecule has 2 aromatic carbocycles. The Bertz CT molecular complexity index is 1210. The van der Waals surface area contributed by atoms with E-state index in [1.165, 1.54) is 29.5 Å². The van der Waals surface area contributed by atoms with Gasteiger partial charge in [-0.15, -0.1) is 11.3 Å². The van der Waals surface area contributed by atoms with Crippen LogP contribution in [0.3, 0.4) is 0 Å². The van der Waals surface area contributed by atoms with E-state index in [0.29, 0.717) is 17.8 Å². The van der Waals surface area contributed by atoms with Gasteiger partial charge >= 0.3 is 0 Å². The summed E-state index contributed by atoms with van der Waals surface area (Å²) in [6, 6.07) is 6.21. The molecule has 1 aliphatic rings. The summed E-state index contributed by atoms with van der Waals surface area (Å²) in [4.78, 5) is 7.94. The molecule has 0 unspecified atom stereocenters. The molecule has 0 amide bonds. The Morgan fingerprint density at radius 1 is 1.06 bits per heavy atom. The number of hydrogen-bond acceptors (Lipinski definition) is 6. The lowest BCUT2D eigenvalue weighted by Crippen LogP contribution is -2.44. The highest BCUT2D eigenvalue weighted by atomic mass is 32.2. The molecule has 1 N–H and O–H groups in total. The van der Waals surface area contributed by atoms with Crippen LogP contribution in [0.15, 0.2) is 46.7 Å². The Balaban J connectivity index is 1.61. The average molecular weight is 469 g/mol. The van der Waals surface area contributed by atoms with Gasteiger partial charge in [-0.1, -0.05) is 6.07 Å². The molecule has 1 aliphatic heterocycles. The number of halogens is 3. The molecule has 0 bridgehead atoms. The van der Waals surface area contributed by atoms with Crippen molar-refractivity contribution < 1.29 is 21.6 Å². The number of likely N-dealkylation sites (N-methyl/N-ethyl adjacent to an activating group) is 1. The molecule has 0 aliphatic carbocycles. The molecule has 31 heavy (non-hydrogen) atoms. The van der Waals surface area contributed by atoms with Crippen LogP contribution in [-0.4, -0.2) is 51.5 Å². The number of nitrogens with zero attached hydrogens (tertiary/aromatic N) is 3. The van der Waals surface area contributed by atoms with Gasteiger partial charge in [0.05, 0.1) is 11.4 Å². The van der Waals surface area contributed by atoms with E-state index in [2.05, 4.69) is 14.8 Å². The van der Waals surface area contributed by atoms with Gasteiger partial charge in [0.2, 0.25) is 0 Å². The molecule has 0 radical (unpaired) electrons. The minimum absolute atomic E-state index is 0.108. The molecule has 164 valence electrons. The van der Waals surface area contributed by atoms with Crippen molar-refractivity contribution >= 4 is 32.2 Å². The number of rotatable bonds is 5. The van der Waals surface area contributed by atoms with Crippen molar-refractivity contribution in [1.82, 2.24) is 9.88 Å². The molecule has 1 saturated heterocycles. The Labute approximate surface area is 182 Å². The molecule has 6 nitrogen and oxygen atoms in total. The van der Waals surface area contributed by atoms with Crippen molar-refractivity contribution in [2.24, 2.45) is 0 Å². The molecule has 11 heteroatoms. The maximum atomic E-state index is 15.1. The molecule has 3 aromatic rings. The maximum Gasteiger partial charge on any atom is 0.265 e. The van der Waals surface area contributed by atoms with Crippen LogP contribution in [0.25, 0.3) is 11.3 Å². The van der Waals surface area contributed by atoms with Crippen molar-refractivity contribution in [2.75, 3.05) is 42.8 Å². The number of nitrogens with one attached hydrogen (secondary N) is 1. The molecular formula is C20H19F3N4O2S2. The number of thiazole rings is 1. The van der Waals surface area contributed by atoms with Gasteiger partial charge in [0.25, 0.3) is 10.0 Å². The van der Waals surface area contributed by atoms with Crippen LogP contribution in [0.1, 0.15) is 0 Å². The fraction of sp³-hybridized carbons (Fsp3) is 0.250. The number of aromatic nitrogens is 1. The lowest BCUT2D eigenvalue weighted by atomic mass is 10.1. The van der Waals surface area contributed by atoms with Gasteiger partial charge in [-0.3, -0.25) is 4.72 Å².